The number of hydrogen-bond donors (Lipinski definition) is 0. The fourth-order valence-corrected chi connectivity index (χ4v) is 3.30. The lowest BCUT2D eigenvalue weighted by atomic mass is 10.2. The molecule has 22 heavy (non-hydrogen) atoms. The van der Waals surface area contributed by atoms with E-state index in [1.807, 2.05) is 27.7 Å². The summed E-state index contributed by atoms with van der Waals surface area (Å²) in [6.07, 6.45) is 3.22. The van der Waals surface area contributed by atoms with Gasteiger partial charge in [0.15, 0.2) is 0 Å². The number of nitrogens with zero attached hydrogens (tertiary/aromatic N) is 2. The van der Waals surface area contributed by atoms with Gasteiger partial charge in [-0.2, -0.15) is 0 Å². The second-order valence-electron chi connectivity index (χ2n) is 6.29. The van der Waals surface area contributed by atoms with Crippen molar-refractivity contribution in [3.63, 3.8) is 0 Å². The Morgan fingerprint density at radius 2 is 1.27 bits per heavy atom. The van der Waals surface area contributed by atoms with E-state index >= 15 is 0 Å². The first-order valence-corrected chi connectivity index (χ1v) is 11.8. The van der Waals surface area contributed by atoms with E-state index in [0.29, 0.717) is 31.8 Å². The van der Waals surface area contributed by atoms with Gasteiger partial charge >= 0.3 is 0 Å². The van der Waals surface area contributed by atoms with Crippen molar-refractivity contribution < 1.29 is 9.59 Å². The average molecular weight is 325 g/mol. The van der Waals surface area contributed by atoms with Crippen molar-refractivity contribution >= 4 is 19.9 Å². The molecule has 5 heteroatoms. The number of carbonyl (C=O) groups is 2. The molecule has 0 unspecified atom stereocenters. The Hall–Kier alpha value is -1.36. The molecule has 0 bridgehead atoms. The van der Waals surface area contributed by atoms with Crippen LogP contribution in [0.2, 0.25) is 19.6 Å². The third kappa shape index (κ3) is 7.07. The van der Waals surface area contributed by atoms with E-state index in [1.165, 1.54) is 6.08 Å². The van der Waals surface area contributed by atoms with Crippen LogP contribution in [0.3, 0.4) is 0 Å². The molecule has 0 aliphatic heterocycles. The van der Waals surface area contributed by atoms with Gasteiger partial charge in [0.05, 0.1) is 8.07 Å². The first kappa shape index (κ1) is 20.6. The van der Waals surface area contributed by atoms with Crippen LogP contribution in [0.1, 0.15) is 27.7 Å². The van der Waals surface area contributed by atoms with Crippen molar-refractivity contribution in [1.29, 1.82) is 0 Å². The van der Waals surface area contributed by atoms with Gasteiger partial charge in [-0.05, 0) is 33.8 Å². The van der Waals surface area contributed by atoms with Crippen LogP contribution < -0.4 is 0 Å². The van der Waals surface area contributed by atoms with Gasteiger partial charge in [0, 0.05) is 37.8 Å². The molecule has 0 aromatic carbocycles. The molecule has 4 nitrogen and oxygen atoms in total. The Kier molecular flexibility index (Phi) is 9.02. The van der Waals surface area contributed by atoms with Gasteiger partial charge in [-0.3, -0.25) is 9.59 Å². The minimum atomic E-state index is -1.56. The lowest BCUT2D eigenvalue weighted by Crippen LogP contribution is -2.33. The highest BCUT2D eigenvalue weighted by Gasteiger charge is 2.18. The first-order valence-electron chi connectivity index (χ1n) is 8.19. The molecular formula is C17H32N2O2Si. The van der Waals surface area contributed by atoms with Crippen LogP contribution in [0.25, 0.3) is 0 Å². The minimum absolute atomic E-state index is 0.0102. The summed E-state index contributed by atoms with van der Waals surface area (Å²) < 4.78 is 0. The largest absolute Gasteiger partial charge is 0.340 e. The van der Waals surface area contributed by atoms with E-state index in [2.05, 4.69) is 25.3 Å². The summed E-state index contributed by atoms with van der Waals surface area (Å²) in [5, 5.41) is 0. The van der Waals surface area contributed by atoms with Gasteiger partial charge in [0.25, 0.3) is 5.91 Å². The van der Waals surface area contributed by atoms with Crippen molar-refractivity contribution in [2.45, 2.75) is 47.3 Å². The standard InChI is InChI=1S/C17H32N2O2Si/c1-8-18(9-2)16(20)13-12-15(14-22(5,6)7)17(21)19(10-3)11-4/h12-14H,8-11H2,1-7H3. The molecular weight excluding hydrogens is 292 g/mol. The zero-order chi connectivity index (χ0) is 17.3. The second-order valence-corrected chi connectivity index (χ2v) is 11.3. The molecule has 0 saturated heterocycles. The molecule has 0 atom stereocenters. The molecule has 0 spiro atoms. The smallest absolute Gasteiger partial charge is 0.253 e. The van der Waals surface area contributed by atoms with E-state index in [-0.39, 0.29) is 11.8 Å². The molecule has 0 aliphatic rings. The Balaban J connectivity index is 5.41. The second kappa shape index (κ2) is 9.61. The molecule has 0 saturated carbocycles. The zero-order valence-electron chi connectivity index (χ0n) is 15.3. The zero-order valence-corrected chi connectivity index (χ0v) is 16.3. The van der Waals surface area contributed by atoms with Gasteiger partial charge in [-0.1, -0.05) is 25.3 Å². The van der Waals surface area contributed by atoms with Gasteiger partial charge < -0.3 is 9.80 Å². The highest BCUT2D eigenvalue weighted by molar-refractivity contribution is 6.81. The van der Waals surface area contributed by atoms with Crippen LogP contribution in [0, 0.1) is 0 Å². The monoisotopic (exact) mass is 324 g/mol. The van der Waals surface area contributed by atoms with E-state index in [0.717, 1.165) is 0 Å². The van der Waals surface area contributed by atoms with Crippen LogP contribution in [0.15, 0.2) is 23.4 Å². The van der Waals surface area contributed by atoms with E-state index in [1.54, 1.807) is 15.9 Å². The molecule has 0 radical (unpaired) electrons. The van der Waals surface area contributed by atoms with Crippen molar-refractivity contribution in [3.05, 3.63) is 23.4 Å². The fourth-order valence-electron chi connectivity index (χ4n) is 2.14. The maximum atomic E-state index is 12.6. The van der Waals surface area contributed by atoms with Gasteiger partial charge in [-0.25, -0.2) is 0 Å². The predicted octanol–water partition coefficient (Wildman–Crippen LogP) is 3.08. The van der Waals surface area contributed by atoms with Gasteiger partial charge in [-0.15, -0.1) is 0 Å². The van der Waals surface area contributed by atoms with Crippen LogP contribution in [0.4, 0.5) is 0 Å². The number of carbonyl (C=O) groups excluding carboxylic acids is 2. The van der Waals surface area contributed by atoms with Crippen LogP contribution in [0.5, 0.6) is 0 Å². The number of hydrogen-bond acceptors (Lipinski definition) is 2. The van der Waals surface area contributed by atoms with Crippen molar-refractivity contribution in [2.24, 2.45) is 0 Å². The molecule has 0 heterocycles. The fraction of sp³-hybridized carbons (Fsp3) is 0.647. The molecule has 0 rings (SSSR count). The Bertz CT molecular complexity index is 428. The maximum absolute atomic E-state index is 12.6. The Morgan fingerprint density at radius 3 is 1.64 bits per heavy atom. The summed E-state index contributed by atoms with van der Waals surface area (Å²) >= 11 is 0. The van der Waals surface area contributed by atoms with E-state index < -0.39 is 8.07 Å². The van der Waals surface area contributed by atoms with Crippen LogP contribution >= 0.6 is 0 Å². The lowest BCUT2D eigenvalue weighted by molar-refractivity contribution is -0.126. The number of likely N-dealkylation sites (N-methyl/N-ethyl adjacent to an activating group) is 2. The highest BCUT2D eigenvalue weighted by atomic mass is 28.3. The quantitative estimate of drug-likeness (QED) is 0.391. The van der Waals surface area contributed by atoms with Crippen molar-refractivity contribution in [1.82, 2.24) is 9.80 Å². The van der Waals surface area contributed by atoms with E-state index in [9.17, 15) is 9.59 Å². The van der Waals surface area contributed by atoms with E-state index in [4.69, 9.17) is 0 Å². The lowest BCUT2D eigenvalue weighted by Gasteiger charge is -2.21. The molecule has 2 amide bonds. The Labute approximate surface area is 136 Å². The molecule has 126 valence electrons. The Morgan fingerprint density at radius 1 is 0.818 bits per heavy atom. The first-order chi connectivity index (χ1) is 10.2. The molecule has 0 N–H and O–H groups in total. The van der Waals surface area contributed by atoms with Gasteiger partial charge in [0.1, 0.15) is 0 Å². The average Bonchev–Trinajstić information content (AvgIpc) is 2.44. The predicted molar refractivity (Wildman–Crippen MR) is 96.4 cm³/mol. The third-order valence-corrected chi connectivity index (χ3v) is 4.54. The number of rotatable bonds is 8. The summed E-state index contributed by atoms with van der Waals surface area (Å²) in [5.41, 5.74) is 2.71. The molecule has 0 aromatic heterocycles. The summed E-state index contributed by atoms with van der Waals surface area (Å²) in [6.45, 7) is 17.1. The number of amides is 2. The minimum Gasteiger partial charge on any atom is -0.340 e. The van der Waals surface area contributed by atoms with Crippen LogP contribution in [-0.2, 0) is 9.59 Å². The van der Waals surface area contributed by atoms with Gasteiger partial charge in [0.2, 0.25) is 5.91 Å². The molecule has 0 aromatic rings. The maximum Gasteiger partial charge on any atom is 0.253 e. The van der Waals surface area contributed by atoms with Crippen LogP contribution in [-0.4, -0.2) is 55.9 Å². The highest BCUT2D eigenvalue weighted by Crippen LogP contribution is 2.12. The summed E-state index contributed by atoms with van der Waals surface area (Å²) in [7, 11) is -1.56. The normalized spacial score (nSPS) is 12.6. The summed E-state index contributed by atoms with van der Waals surface area (Å²) in [4.78, 5) is 28.2. The third-order valence-electron chi connectivity index (χ3n) is 3.37. The molecule has 0 aliphatic carbocycles. The summed E-state index contributed by atoms with van der Waals surface area (Å²) in [6, 6.07) is 0. The molecule has 0 fully saturated rings. The summed E-state index contributed by atoms with van der Waals surface area (Å²) in [5.74, 6) is -0.0326. The van der Waals surface area contributed by atoms with Crippen molar-refractivity contribution in [2.75, 3.05) is 26.2 Å². The SMILES string of the molecule is CCN(CC)C(=O)C=CC(=C[Si](C)(C)C)C(=O)N(CC)CC. The topological polar surface area (TPSA) is 40.6 Å². The van der Waals surface area contributed by atoms with Crippen molar-refractivity contribution in [3.8, 4) is 0 Å².